The molecule has 0 spiro atoms. The van der Waals surface area contributed by atoms with Crippen molar-refractivity contribution >= 4 is 12.1 Å². The number of amides is 1. The average Bonchev–Trinajstić information content (AvgIpc) is 2.59. The van der Waals surface area contributed by atoms with E-state index in [2.05, 4.69) is 17.1 Å². The summed E-state index contributed by atoms with van der Waals surface area (Å²) in [6.07, 6.45) is 3.67. The maximum atomic E-state index is 12.2. The summed E-state index contributed by atoms with van der Waals surface area (Å²) < 4.78 is 5.42. The molecule has 0 saturated carbocycles. The number of carbonyl (C=O) groups is 1. The number of nitrogens with zero attached hydrogens (tertiary/aromatic N) is 1. The van der Waals surface area contributed by atoms with Gasteiger partial charge in [-0.2, -0.15) is 5.10 Å². The first kappa shape index (κ1) is 17.3. The van der Waals surface area contributed by atoms with E-state index in [0.29, 0.717) is 29.9 Å². The summed E-state index contributed by atoms with van der Waals surface area (Å²) in [5.41, 5.74) is 4.12. The molecule has 1 amide bonds. The number of para-hydroxylation sites is 2. The van der Waals surface area contributed by atoms with Crippen LogP contribution in [-0.4, -0.2) is 23.8 Å². The molecule has 5 nitrogen and oxygen atoms in total. The van der Waals surface area contributed by atoms with E-state index in [1.54, 1.807) is 36.4 Å². The van der Waals surface area contributed by atoms with Crippen LogP contribution in [0.5, 0.6) is 11.5 Å². The number of carbonyl (C=O) groups excluding carboxylic acids is 1. The summed E-state index contributed by atoms with van der Waals surface area (Å²) in [5.74, 6) is 0.255. The second-order valence-corrected chi connectivity index (χ2v) is 4.98. The number of rotatable bonds is 7. The van der Waals surface area contributed by atoms with Crippen LogP contribution in [0.25, 0.3) is 0 Å². The Morgan fingerprint density at radius 1 is 1.29 bits per heavy atom. The molecule has 2 aromatic rings. The number of aromatic hydroxyl groups is 1. The van der Waals surface area contributed by atoms with Crippen LogP contribution in [0.15, 0.2) is 60.2 Å². The number of hydrogen-bond donors (Lipinski definition) is 2. The van der Waals surface area contributed by atoms with Crippen molar-refractivity contribution < 1.29 is 14.6 Å². The van der Waals surface area contributed by atoms with Gasteiger partial charge in [0.2, 0.25) is 0 Å². The van der Waals surface area contributed by atoms with Crippen molar-refractivity contribution in [3.05, 3.63) is 71.8 Å². The molecule has 5 heteroatoms. The van der Waals surface area contributed by atoms with Crippen LogP contribution in [0.4, 0.5) is 0 Å². The normalized spacial score (nSPS) is 10.5. The van der Waals surface area contributed by atoms with Crippen LogP contribution >= 0.6 is 0 Å². The summed E-state index contributed by atoms with van der Waals surface area (Å²) >= 11 is 0. The molecular weight excluding hydrogens is 304 g/mol. The highest BCUT2D eigenvalue weighted by Gasteiger charge is 2.11. The van der Waals surface area contributed by atoms with Gasteiger partial charge in [0.15, 0.2) is 0 Å². The molecule has 0 unspecified atom stereocenters. The fourth-order valence-corrected chi connectivity index (χ4v) is 2.19. The maximum absolute atomic E-state index is 12.2. The molecular formula is C19H20N2O3. The van der Waals surface area contributed by atoms with Gasteiger partial charge in [0.05, 0.1) is 18.4 Å². The highest BCUT2D eigenvalue weighted by molar-refractivity contribution is 5.97. The minimum Gasteiger partial charge on any atom is -0.507 e. The Balaban J connectivity index is 2.11. The van der Waals surface area contributed by atoms with E-state index in [9.17, 15) is 9.90 Å². The number of hydrazone groups is 1. The van der Waals surface area contributed by atoms with E-state index in [0.717, 1.165) is 5.56 Å². The van der Waals surface area contributed by atoms with Crippen molar-refractivity contribution in [2.24, 2.45) is 5.10 Å². The molecule has 2 N–H and O–H groups in total. The first-order valence-corrected chi connectivity index (χ1v) is 7.64. The van der Waals surface area contributed by atoms with Crippen LogP contribution in [0.1, 0.15) is 28.4 Å². The summed E-state index contributed by atoms with van der Waals surface area (Å²) in [6.45, 7) is 5.98. The van der Waals surface area contributed by atoms with Gasteiger partial charge in [0.1, 0.15) is 11.5 Å². The number of nitrogens with one attached hydrogen (secondary N) is 1. The van der Waals surface area contributed by atoms with Crippen molar-refractivity contribution in [3.8, 4) is 11.5 Å². The van der Waals surface area contributed by atoms with Crippen molar-refractivity contribution in [2.45, 2.75) is 13.3 Å². The van der Waals surface area contributed by atoms with E-state index in [1.165, 1.54) is 6.21 Å². The third kappa shape index (κ3) is 4.23. The predicted molar refractivity (Wildman–Crippen MR) is 94.7 cm³/mol. The Hall–Kier alpha value is -3.08. The van der Waals surface area contributed by atoms with Gasteiger partial charge >= 0.3 is 0 Å². The van der Waals surface area contributed by atoms with Crippen LogP contribution in [0.3, 0.4) is 0 Å². The van der Waals surface area contributed by atoms with Crippen LogP contribution in [-0.2, 0) is 6.42 Å². The third-order valence-electron chi connectivity index (χ3n) is 3.32. The highest BCUT2D eigenvalue weighted by Crippen LogP contribution is 2.21. The van der Waals surface area contributed by atoms with E-state index < -0.39 is 0 Å². The zero-order valence-electron chi connectivity index (χ0n) is 13.5. The van der Waals surface area contributed by atoms with Gasteiger partial charge in [-0.3, -0.25) is 4.79 Å². The summed E-state index contributed by atoms with van der Waals surface area (Å²) in [4.78, 5) is 12.2. The number of benzene rings is 2. The van der Waals surface area contributed by atoms with Crippen LogP contribution in [0, 0.1) is 0 Å². The van der Waals surface area contributed by atoms with Crippen molar-refractivity contribution in [1.29, 1.82) is 0 Å². The zero-order valence-corrected chi connectivity index (χ0v) is 13.5. The first-order valence-electron chi connectivity index (χ1n) is 7.64. The average molecular weight is 324 g/mol. The predicted octanol–water partition coefficient (Wildman–Crippen LogP) is 3.28. The van der Waals surface area contributed by atoms with Gasteiger partial charge in [-0.15, -0.1) is 6.58 Å². The molecule has 0 radical (unpaired) electrons. The lowest BCUT2D eigenvalue weighted by molar-refractivity contribution is 0.0951. The van der Waals surface area contributed by atoms with Crippen molar-refractivity contribution in [2.75, 3.05) is 6.61 Å². The van der Waals surface area contributed by atoms with E-state index >= 15 is 0 Å². The highest BCUT2D eigenvalue weighted by atomic mass is 16.5. The lowest BCUT2D eigenvalue weighted by Gasteiger charge is -2.08. The second-order valence-electron chi connectivity index (χ2n) is 4.98. The zero-order chi connectivity index (χ0) is 17.4. The van der Waals surface area contributed by atoms with E-state index in [1.807, 2.05) is 19.1 Å². The molecule has 2 aromatic carbocycles. The smallest absolute Gasteiger partial charge is 0.275 e. The lowest BCUT2D eigenvalue weighted by atomic mass is 10.1. The van der Waals surface area contributed by atoms with Gasteiger partial charge in [-0.1, -0.05) is 30.3 Å². The van der Waals surface area contributed by atoms with Gasteiger partial charge in [-0.25, -0.2) is 5.43 Å². The molecule has 0 saturated heterocycles. The minimum atomic E-state index is -0.378. The summed E-state index contributed by atoms with van der Waals surface area (Å²) in [7, 11) is 0. The Kier molecular flexibility index (Phi) is 6.14. The number of hydrogen-bond acceptors (Lipinski definition) is 4. The largest absolute Gasteiger partial charge is 0.507 e. The van der Waals surface area contributed by atoms with Gasteiger partial charge in [0.25, 0.3) is 5.91 Å². The molecule has 0 aliphatic rings. The molecule has 0 heterocycles. The number of ether oxygens (including phenoxy) is 1. The quantitative estimate of drug-likeness (QED) is 0.466. The number of allylic oxidation sites excluding steroid dienone is 1. The third-order valence-corrected chi connectivity index (χ3v) is 3.32. The van der Waals surface area contributed by atoms with Gasteiger partial charge < -0.3 is 9.84 Å². The molecule has 0 atom stereocenters. The minimum absolute atomic E-state index is 0.130. The molecule has 2 rings (SSSR count). The molecule has 0 aliphatic carbocycles. The number of phenols is 1. The van der Waals surface area contributed by atoms with Crippen LogP contribution < -0.4 is 10.2 Å². The molecule has 0 aliphatic heterocycles. The monoisotopic (exact) mass is 324 g/mol. The standard InChI is InChI=1S/C19H20N2O3/c1-3-8-14-9-7-10-15(18(14)22)13-20-21-19(23)16-11-5-6-12-17(16)24-4-2/h3,5-7,9-13,22H,1,4,8H2,2H3,(H,21,23)/b20-13-. The molecule has 124 valence electrons. The fraction of sp³-hybridized carbons (Fsp3) is 0.158. The number of phenolic OH excluding ortho intramolecular Hbond substituents is 1. The van der Waals surface area contributed by atoms with Crippen molar-refractivity contribution in [1.82, 2.24) is 5.43 Å². The Morgan fingerprint density at radius 3 is 2.83 bits per heavy atom. The molecule has 0 aromatic heterocycles. The molecule has 24 heavy (non-hydrogen) atoms. The van der Waals surface area contributed by atoms with Gasteiger partial charge in [-0.05, 0) is 37.1 Å². The lowest BCUT2D eigenvalue weighted by Crippen LogP contribution is -2.18. The van der Waals surface area contributed by atoms with E-state index in [-0.39, 0.29) is 11.7 Å². The Labute approximate surface area is 141 Å². The Bertz CT molecular complexity index is 754. The van der Waals surface area contributed by atoms with E-state index in [4.69, 9.17) is 4.74 Å². The SMILES string of the molecule is C=CCc1cccc(/C=N\NC(=O)c2ccccc2OCC)c1O. The fourth-order valence-electron chi connectivity index (χ4n) is 2.19. The second kappa shape index (κ2) is 8.53. The maximum Gasteiger partial charge on any atom is 0.275 e. The van der Waals surface area contributed by atoms with Crippen LogP contribution in [0.2, 0.25) is 0 Å². The molecule has 0 bridgehead atoms. The van der Waals surface area contributed by atoms with Gasteiger partial charge in [0, 0.05) is 5.56 Å². The summed E-state index contributed by atoms with van der Waals surface area (Å²) in [6, 6.07) is 12.3. The summed E-state index contributed by atoms with van der Waals surface area (Å²) in [5, 5.41) is 14.1. The van der Waals surface area contributed by atoms with Crippen molar-refractivity contribution in [3.63, 3.8) is 0 Å². The Morgan fingerprint density at radius 2 is 2.08 bits per heavy atom. The first-order chi connectivity index (χ1) is 11.7. The topological polar surface area (TPSA) is 70.9 Å². The molecule has 0 fully saturated rings.